The molecule has 1 spiro atoms. The molecule has 2 aliphatic rings. The molecule has 2 atom stereocenters. The quantitative estimate of drug-likeness (QED) is 0.627. The lowest BCUT2D eigenvalue weighted by molar-refractivity contribution is -0.0457. The number of hydrogen-bond donors (Lipinski definition) is 0. The van der Waals surface area contributed by atoms with Crippen molar-refractivity contribution in [2.24, 2.45) is 0 Å². The lowest BCUT2D eigenvalue weighted by Gasteiger charge is -2.35. The topological polar surface area (TPSA) is 9.23 Å². The van der Waals surface area contributed by atoms with E-state index in [2.05, 4.69) is 53.2 Å². The molecule has 1 saturated carbocycles. The summed E-state index contributed by atoms with van der Waals surface area (Å²) in [6.07, 6.45) is 10.6. The van der Waals surface area contributed by atoms with Gasteiger partial charge in [-0.25, -0.2) is 0 Å². The van der Waals surface area contributed by atoms with Crippen LogP contribution in [0.5, 0.6) is 0 Å². The summed E-state index contributed by atoms with van der Waals surface area (Å²) >= 11 is 3.80. The number of hydrogen-bond acceptors (Lipinski definition) is 1. The van der Waals surface area contributed by atoms with Gasteiger partial charge < -0.3 is 4.74 Å². The molecule has 2 fully saturated rings. The molecule has 0 aromatic heterocycles. The third-order valence-corrected chi connectivity index (χ3v) is 6.86. The normalized spacial score (nSPS) is 27.0. The molecule has 1 saturated heterocycles. The van der Waals surface area contributed by atoms with Gasteiger partial charge in [-0.2, -0.15) is 0 Å². The zero-order valence-electron chi connectivity index (χ0n) is 13.1. The SMILES string of the molecule is CCC(CBr)(CC1CCC2(CCCC2)O1)c1ccccc1. The van der Waals surface area contributed by atoms with E-state index in [1.54, 1.807) is 0 Å². The first-order chi connectivity index (χ1) is 10.2. The van der Waals surface area contributed by atoms with E-state index in [1.807, 2.05) is 0 Å². The Morgan fingerprint density at radius 3 is 2.52 bits per heavy atom. The van der Waals surface area contributed by atoms with E-state index in [0.717, 1.165) is 18.2 Å². The Labute approximate surface area is 137 Å². The lowest BCUT2D eigenvalue weighted by atomic mass is 9.75. The lowest BCUT2D eigenvalue weighted by Crippen LogP contribution is -2.34. The maximum atomic E-state index is 6.57. The van der Waals surface area contributed by atoms with E-state index >= 15 is 0 Å². The van der Waals surface area contributed by atoms with Gasteiger partial charge in [0.05, 0.1) is 11.7 Å². The fourth-order valence-electron chi connectivity index (χ4n) is 4.35. The molecule has 0 bridgehead atoms. The second kappa shape index (κ2) is 6.42. The zero-order valence-corrected chi connectivity index (χ0v) is 14.7. The molecule has 0 radical (unpaired) electrons. The first kappa shape index (κ1) is 15.6. The van der Waals surface area contributed by atoms with Crippen LogP contribution in [0.4, 0.5) is 0 Å². The van der Waals surface area contributed by atoms with Crippen molar-refractivity contribution in [2.75, 3.05) is 5.33 Å². The van der Waals surface area contributed by atoms with Gasteiger partial charge in [0.2, 0.25) is 0 Å². The van der Waals surface area contributed by atoms with Crippen LogP contribution in [0.1, 0.15) is 63.9 Å². The second-order valence-electron chi connectivity index (χ2n) is 7.01. The van der Waals surface area contributed by atoms with Crippen molar-refractivity contribution < 1.29 is 4.74 Å². The number of alkyl halides is 1. The highest BCUT2D eigenvalue weighted by Gasteiger charge is 2.44. The van der Waals surface area contributed by atoms with Crippen LogP contribution in [0.2, 0.25) is 0 Å². The van der Waals surface area contributed by atoms with Crippen molar-refractivity contribution in [2.45, 2.75) is 75.4 Å². The molecule has 3 rings (SSSR count). The molecule has 2 unspecified atom stereocenters. The fourth-order valence-corrected chi connectivity index (χ4v) is 5.30. The van der Waals surface area contributed by atoms with Crippen LogP contribution >= 0.6 is 15.9 Å². The number of benzene rings is 1. The van der Waals surface area contributed by atoms with E-state index in [0.29, 0.717) is 6.10 Å². The Morgan fingerprint density at radius 2 is 1.90 bits per heavy atom. The van der Waals surface area contributed by atoms with Crippen LogP contribution in [-0.4, -0.2) is 17.0 Å². The summed E-state index contributed by atoms with van der Waals surface area (Å²) in [6.45, 7) is 2.31. The Hall–Kier alpha value is -0.340. The summed E-state index contributed by atoms with van der Waals surface area (Å²) in [4.78, 5) is 0. The fraction of sp³-hybridized carbons (Fsp3) is 0.684. The predicted octanol–water partition coefficient (Wildman–Crippen LogP) is 5.61. The van der Waals surface area contributed by atoms with Gasteiger partial charge >= 0.3 is 0 Å². The Morgan fingerprint density at radius 1 is 1.19 bits per heavy atom. The third kappa shape index (κ3) is 3.07. The average Bonchev–Trinajstić information content (AvgIpc) is 3.16. The van der Waals surface area contributed by atoms with Crippen LogP contribution in [0.25, 0.3) is 0 Å². The van der Waals surface area contributed by atoms with Gasteiger partial charge in [-0.05, 0) is 44.1 Å². The highest BCUT2D eigenvalue weighted by Crippen LogP contribution is 2.47. The summed E-state index contributed by atoms with van der Waals surface area (Å²) in [6, 6.07) is 11.0. The third-order valence-electron chi connectivity index (χ3n) is 5.79. The molecule has 21 heavy (non-hydrogen) atoms. The molecule has 1 aromatic carbocycles. The van der Waals surface area contributed by atoms with Gasteiger partial charge in [-0.15, -0.1) is 0 Å². The van der Waals surface area contributed by atoms with Gasteiger partial charge in [0, 0.05) is 10.7 Å². The van der Waals surface area contributed by atoms with Crippen LogP contribution < -0.4 is 0 Å². The largest absolute Gasteiger partial charge is 0.372 e. The minimum atomic E-state index is 0.218. The Balaban J connectivity index is 1.74. The first-order valence-electron chi connectivity index (χ1n) is 8.51. The van der Waals surface area contributed by atoms with Crippen LogP contribution in [0.15, 0.2) is 30.3 Å². The van der Waals surface area contributed by atoms with Crippen molar-refractivity contribution in [3.8, 4) is 0 Å². The molecule has 2 heteroatoms. The van der Waals surface area contributed by atoms with Gasteiger partial charge in [-0.1, -0.05) is 66.0 Å². The Bertz CT molecular complexity index is 446. The van der Waals surface area contributed by atoms with Gasteiger partial charge in [0.15, 0.2) is 0 Å². The molecular weight excluding hydrogens is 324 g/mol. The molecule has 116 valence electrons. The van der Waals surface area contributed by atoms with E-state index in [4.69, 9.17) is 4.74 Å². The summed E-state index contributed by atoms with van der Waals surface area (Å²) in [5.41, 5.74) is 1.93. The van der Waals surface area contributed by atoms with Crippen molar-refractivity contribution in [3.05, 3.63) is 35.9 Å². The molecule has 1 aliphatic carbocycles. The van der Waals surface area contributed by atoms with Gasteiger partial charge in [0.1, 0.15) is 0 Å². The second-order valence-corrected chi connectivity index (χ2v) is 7.57. The minimum Gasteiger partial charge on any atom is -0.372 e. The van der Waals surface area contributed by atoms with E-state index < -0.39 is 0 Å². The molecule has 1 aromatic rings. The van der Waals surface area contributed by atoms with Crippen LogP contribution in [-0.2, 0) is 10.2 Å². The molecule has 1 nitrogen and oxygen atoms in total. The minimum absolute atomic E-state index is 0.218. The van der Waals surface area contributed by atoms with Crippen molar-refractivity contribution in [1.29, 1.82) is 0 Å². The maximum absolute atomic E-state index is 6.57. The van der Waals surface area contributed by atoms with Crippen molar-refractivity contribution in [3.63, 3.8) is 0 Å². The highest BCUT2D eigenvalue weighted by atomic mass is 79.9. The number of ether oxygens (including phenoxy) is 1. The van der Waals surface area contributed by atoms with Gasteiger partial charge in [-0.3, -0.25) is 0 Å². The summed E-state index contributed by atoms with van der Waals surface area (Å²) in [5, 5.41) is 1.02. The van der Waals surface area contributed by atoms with Crippen LogP contribution in [0, 0.1) is 0 Å². The highest BCUT2D eigenvalue weighted by molar-refractivity contribution is 9.09. The molecule has 1 aliphatic heterocycles. The van der Waals surface area contributed by atoms with E-state index in [-0.39, 0.29) is 11.0 Å². The molecule has 0 amide bonds. The van der Waals surface area contributed by atoms with Crippen molar-refractivity contribution in [1.82, 2.24) is 0 Å². The predicted molar refractivity (Wildman–Crippen MR) is 92.1 cm³/mol. The molecule has 1 heterocycles. The Kier molecular flexibility index (Phi) is 4.75. The standard InChI is InChI=1S/C19H27BrO/c1-2-18(15-20,16-8-4-3-5-9-16)14-17-10-13-19(21-17)11-6-7-12-19/h3-5,8-9,17H,2,6-7,10-15H2,1H3. The average molecular weight is 351 g/mol. The smallest absolute Gasteiger partial charge is 0.0687 e. The number of rotatable bonds is 5. The van der Waals surface area contributed by atoms with Crippen molar-refractivity contribution >= 4 is 15.9 Å². The summed E-state index contributed by atoms with van der Waals surface area (Å²) < 4.78 is 6.57. The molecular formula is C19H27BrO. The van der Waals surface area contributed by atoms with Crippen LogP contribution in [0.3, 0.4) is 0 Å². The monoisotopic (exact) mass is 350 g/mol. The van der Waals surface area contributed by atoms with E-state index in [1.165, 1.54) is 44.1 Å². The van der Waals surface area contributed by atoms with E-state index in [9.17, 15) is 0 Å². The molecule has 0 N–H and O–H groups in total. The maximum Gasteiger partial charge on any atom is 0.0687 e. The summed E-state index contributed by atoms with van der Waals surface area (Å²) in [5.74, 6) is 0. The zero-order chi connectivity index (χ0) is 14.8. The first-order valence-corrected chi connectivity index (χ1v) is 9.63. The summed E-state index contributed by atoms with van der Waals surface area (Å²) in [7, 11) is 0. The number of halogens is 1. The van der Waals surface area contributed by atoms with Gasteiger partial charge in [0.25, 0.3) is 0 Å².